The molecule has 0 aliphatic rings. The zero-order valence-electron chi connectivity index (χ0n) is 2.86. The highest BCUT2D eigenvalue weighted by atomic mass is 19.2. The summed E-state index contributed by atoms with van der Waals surface area (Å²) in [4.78, 5) is 0. The summed E-state index contributed by atoms with van der Waals surface area (Å²) in [5.41, 5.74) is 0. The Bertz CT molecular complexity index is 39.3. The fraction of sp³-hybridized carbons (Fsp3) is 1.00. The van der Waals surface area contributed by atoms with E-state index in [-0.39, 0.29) is 0 Å². The maximum absolute atomic E-state index is 10.9. The predicted molar refractivity (Wildman–Crippen MR) is 14.3 cm³/mol. The molecule has 4 heteroatoms. The second kappa shape index (κ2) is 1.49. The van der Waals surface area contributed by atoms with Gasteiger partial charge in [0.25, 0.3) is 0 Å². The molecule has 0 aromatic carbocycles. The number of aliphatic hydroxyl groups is 2. The summed E-state index contributed by atoms with van der Waals surface area (Å²) in [7, 11) is 0. The first-order chi connectivity index (χ1) is 2.56. The molecule has 0 bridgehead atoms. The van der Waals surface area contributed by atoms with Gasteiger partial charge in [-0.1, -0.05) is 0 Å². The Morgan fingerprint density at radius 3 is 1.67 bits per heavy atom. The van der Waals surface area contributed by atoms with E-state index in [0.29, 0.717) is 0 Å². The molecule has 0 aromatic rings. The van der Waals surface area contributed by atoms with Gasteiger partial charge >= 0.3 is 6.04 Å². The highest BCUT2D eigenvalue weighted by Crippen LogP contribution is 1.98. The zero-order valence-corrected chi connectivity index (χ0v) is 2.86. The normalized spacial score (nSPS) is 12.0. The SMILES string of the molecule is OC(O)(F)CF. The van der Waals surface area contributed by atoms with Gasteiger partial charge in [0.05, 0.1) is 0 Å². The molecule has 0 atom stereocenters. The van der Waals surface area contributed by atoms with Crippen LogP contribution >= 0.6 is 0 Å². The van der Waals surface area contributed by atoms with Gasteiger partial charge in [0.15, 0.2) is 6.67 Å². The molecular formula is C2H4F2O2. The average molecular weight is 98.0 g/mol. The lowest BCUT2D eigenvalue weighted by Crippen LogP contribution is -2.22. The van der Waals surface area contributed by atoms with Crippen LogP contribution in [0.1, 0.15) is 0 Å². The average Bonchev–Trinajstić information content (AvgIpc) is 1.35. The van der Waals surface area contributed by atoms with Crippen LogP contribution in [0.3, 0.4) is 0 Å². The van der Waals surface area contributed by atoms with Gasteiger partial charge in [-0.15, -0.1) is 0 Å². The minimum absolute atomic E-state index is 1.78. The molecule has 0 aliphatic carbocycles. The Balaban J connectivity index is 3.17. The van der Waals surface area contributed by atoms with Crippen molar-refractivity contribution in [3.8, 4) is 0 Å². The Morgan fingerprint density at radius 2 is 1.67 bits per heavy atom. The van der Waals surface area contributed by atoms with Crippen molar-refractivity contribution < 1.29 is 19.0 Å². The molecule has 38 valence electrons. The van der Waals surface area contributed by atoms with Crippen LogP contribution < -0.4 is 0 Å². The maximum Gasteiger partial charge on any atom is 0.344 e. The first-order valence-electron chi connectivity index (χ1n) is 1.26. The van der Waals surface area contributed by atoms with Gasteiger partial charge in [-0.25, -0.2) is 4.39 Å². The largest absolute Gasteiger partial charge is 0.344 e. The minimum atomic E-state index is -3.62. The topological polar surface area (TPSA) is 40.5 Å². The first-order valence-corrected chi connectivity index (χ1v) is 1.26. The zero-order chi connectivity index (χ0) is 5.21. The molecule has 0 aliphatic heterocycles. The van der Waals surface area contributed by atoms with Gasteiger partial charge in [0.1, 0.15) is 0 Å². The minimum Gasteiger partial charge on any atom is -0.338 e. The van der Waals surface area contributed by atoms with E-state index < -0.39 is 12.7 Å². The molecular weight excluding hydrogens is 94.0 g/mol. The molecule has 0 fully saturated rings. The molecule has 0 unspecified atom stereocenters. The van der Waals surface area contributed by atoms with Crippen molar-refractivity contribution in [1.29, 1.82) is 0 Å². The molecule has 0 aromatic heterocycles. The smallest absolute Gasteiger partial charge is 0.338 e. The van der Waals surface area contributed by atoms with Gasteiger partial charge in [0, 0.05) is 0 Å². The van der Waals surface area contributed by atoms with E-state index in [1.807, 2.05) is 0 Å². The van der Waals surface area contributed by atoms with E-state index in [1.54, 1.807) is 0 Å². The molecule has 2 N–H and O–H groups in total. The third kappa shape index (κ3) is 3.78. The van der Waals surface area contributed by atoms with Crippen LogP contribution in [0.2, 0.25) is 0 Å². The third-order valence-electron chi connectivity index (χ3n) is 0.170. The van der Waals surface area contributed by atoms with Crippen LogP contribution in [0.4, 0.5) is 8.78 Å². The summed E-state index contributed by atoms with van der Waals surface area (Å²) < 4.78 is 21.5. The summed E-state index contributed by atoms with van der Waals surface area (Å²) in [6.07, 6.45) is 0. The summed E-state index contributed by atoms with van der Waals surface area (Å²) in [5.74, 6) is 0. The molecule has 0 heterocycles. The van der Waals surface area contributed by atoms with E-state index in [0.717, 1.165) is 0 Å². The summed E-state index contributed by atoms with van der Waals surface area (Å²) in [5, 5.41) is 14.7. The monoisotopic (exact) mass is 98.0 g/mol. The number of hydrogen-bond acceptors (Lipinski definition) is 2. The van der Waals surface area contributed by atoms with E-state index in [1.165, 1.54) is 0 Å². The van der Waals surface area contributed by atoms with Crippen molar-refractivity contribution in [2.45, 2.75) is 6.04 Å². The van der Waals surface area contributed by atoms with Crippen molar-refractivity contribution in [3.05, 3.63) is 0 Å². The maximum atomic E-state index is 10.9. The molecule has 0 rings (SSSR count). The number of rotatable bonds is 1. The van der Waals surface area contributed by atoms with Crippen molar-refractivity contribution in [1.82, 2.24) is 0 Å². The number of alkyl halides is 2. The predicted octanol–water partition coefficient (Wildman–Crippen LogP) is -0.436. The van der Waals surface area contributed by atoms with Crippen molar-refractivity contribution >= 4 is 0 Å². The molecule has 6 heavy (non-hydrogen) atoms. The van der Waals surface area contributed by atoms with Crippen LogP contribution in [0.5, 0.6) is 0 Å². The molecule has 2 nitrogen and oxygen atoms in total. The molecule has 0 radical (unpaired) electrons. The van der Waals surface area contributed by atoms with Crippen molar-refractivity contribution in [3.63, 3.8) is 0 Å². The standard InChI is InChI=1S/C2H4F2O2/c3-1-2(4,5)6/h5-6H,1H2. The molecule has 0 amide bonds. The second-order valence-corrected chi connectivity index (χ2v) is 0.853. The lowest BCUT2D eigenvalue weighted by atomic mass is 10.7. The fourth-order valence-corrected chi connectivity index (χ4v) is 0. The highest BCUT2D eigenvalue weighted by molar-refractivity contribution is 4.37. The van der Waals surface area contributed by atoms with Gasteiger partial charge in [-0.3, -0.25) is 0 Å². The van der Waals surface area contributed by atoms with E-state index in [9.17, 15) is 8.78 Å². The van der Waals surface area contributed by atoms with Crippen LogP contribution in [0, 0.1) is 0 Å². The third-order valence-corrected chi connectivity index (χ3v) is 0.170. The Morgan fingerprint density at radius 1 is 1.50 bits per heavy atom. The van der Waals surface area contributed by atoms with Crippen LogP contribution in [0.15, 0.2) is 0 Å². The summed E-state index contributed by atoms with van der Waals surface area (Å²) in [6.45, 7) is -1.78. The van der Waals surface area contributed by atoms with Gasteiger partial charge in [-0.2, -0.15) is 4.39 Å². The Hall–Kier alpha value is -0.220. The summed E-state index contributed by atoms with van der Waals surface area (Å²) in [6, 6.07) is -3.62. The lowest BCUT2D eigenvalue weighted by molar-refractivity contribution is -0.265. The number of halogens is 2. The molecule has 0 saturated carbocycles. The van der Waals surface area contributed by atoms with Gasteiger partial charge in [-0.05, 0) is 0 Å². The van der Waals surface area contributed by atoms with E-state index >= 15 is 0 Å². The van der Waals surface area contributed by atoms with Gasteiger partial charge in [0.2, 0.25) is 0 Å². The highest BCUT2D eigenvalue weighted by Gasteiger charge is 2.19. The van der Waals surface area contributed by atoms with Crippen LogP contribution in [-0.4, -0.2) is 22.9 Å². The van der Waals surface area contributed by atoms with Crippen molar-refractivity contribution in [2.24, 2.45) is 0 Å². The lowest BCUT2D eigenvalue weighted by Gasteiger charge is -2.01. The molecule has 0 saturated heterocycles. The van der Waals surface area contributed by atoms with Crippen LogP contribution in [0.25, 0.3) is 0 Å². The quantitative estimate of drug-likeness (QED) is 0.436. The van der Waals surface area contributed by atoms with Crippen molar-refractivity contribution in [2.75, 3.05) is 6.67 Å². The van der Waals surface area contributed by atoms with E-state index in [4.69, 9.17) is 10.2 Å². The van der Waals surface area contributed by atoms with Crippen LogP contribution in [-0.2, 0) is 0 Å². The summed E-state index contributed by atoms with van der Waals surface area (Å²) >= 11 is 0. The van der Waals surface area contributed by atoms with E-state index in [2.05, 4.69) is 0 Å². The first kappa shape index (κ1) is 5.78. The molecule has 0 spiro atoms. The Labute approximate surface area is 33.0 Å². The second-order valence-electron chi connectivity index (χ2n) is 0.853. The van der Waals surface area contributed by atoms with Gasteiger partial charge < -0.3 is 10.2 Å². The number of hydrogen-bond donors (Lipinski definition) is 2. The fourth-order valence-electron chi connectivity index (χ4n) is 0. The Kier molecular flexibility index (Phi) is 1.43.